The van der Waals surface area contributed by atoms with Crippen LogP contribution in [0.15, 0.2) is 54.6 Å². The molecule has 2 aromatic rings. The summed E-state index contributed by atoms with van der Waals surface area (Å²) < 4.78 is 11.3. The van der Waals surface area contributed by atoms with Gasteiger partial charge in [0.1, 0.15) is 12.4 Å². The molecule has 0 radical (unpaired) electrons. The van der Waals surface area contributed by atoms with Crippen molar-refractivity contribution in [3.05, 3.63) is 65.7 Å². The van der Waals surface area contributed by atoms with Crippen molar-refractivity contribution < 1.29 is 19.4 Å². The fraction of sp³-hybridized carbons (Fsp3) is 0.458. The molecule has 0 aliphatic carbocycles. The van der Waals surface area contributed by atoms with E-state index in [-0.39, 0.29) is 24.8 Å². The highest BCUT2D eigenvalue weighted by Crippen LogP contribution is 2.46. The molecule has 2 fully saturated rings. The Morgan fingerprint density at radius 2 is 1.83 bits per heavy atom. The topological polar surface area (TPSA) is 59.0 Å². The van der Waals surface area contributed by atoms with Gasteiger partial charge < -0.3 is 19.5 Å². The smallest absolute Gasteiger partial charge is 0.410 e. The first kappa shape index (κ1) is 19.8. The third-order valence-electron chi connectivity index (χ3n) is 6.03. The number of benzene rings is 2. The van der Waals surface area contributed by atoms with E-state index in [1.54, 1.807) is 0 Å². The standard InChI is InChI=1S/C24H29NO4/c1-2-13-28-22-10-6-9-19(14-22)24(27)15-20-11-12-21(16-24)25(20)23(26)29-17-18-7-4-3-5-8-18/h3-10,14,20-21,27H,2,11-13,15-17H2,1H3. The number of rotatable bonds is 6. The zero-order valence-corrected chi connectivity index (χ0v) is 16.9. The molecule has 29 heavy (non-hydrogen) atoms. The molecule has 0 spiro atoms. The quantitative estimate of drug-likeness (QED) is 0.775. The minimum atomic E-state index is -0.937. The van der Waals surface area contributed by atoms with E-state index in [0.29, 0.717) is 19.4 Å². The molecule has 5 nitrogen and oxygen atoms in total. The number of fused-ring (bicyclic) bond motifs is 2. The average Bonchev–Trinajstić information content (AvgIpc) is 3.03. The van der Waals surface area contributed by atoms with Gasteiger partial charge in [0.2, 0.25) is 0 Å². The predicted octanol–water partition coefficient (Wildman–Crippen LogP) is 4.63. The molecule has 0 aromatic heterocycles. The van der Waals surface area contributed by atoms with Crippen LogP contribution in [0.25, 0.3) is 0 Å². The molecule has 0 saturated carbocycles. The number of ether oxygens (including phenoxy) is 2. The summed E-state index contributed by atoms with van der Waals surface area (Å²) in [6, 6.07) is 17.5. The van der Waals surface area contributed by atoms with Crippen molar-refractivity contribution in [2.24, 2.45) is 0 Å². The first-order valence-electron chi connectivity index (χ1n) is 10.5. The Bertz CT molecular complexity index is 824. The van der Waals surface area contributed by atoms with Crippen LogP contribution in [0.1, 0.15) is 50.2 Å². The molecule has 2 unspecified atom stereocenters. The van der Waals surface area contributed by atoms with Gasteiger partial charge in [0.15, 0.2) is 0 Å². The largest absolute Gasteiger partial charge is 0.494 e. The second-order valence-electron chi connectivity index (χ2n) is 8.15. The second-order valence-corrected chi connectivity index (χ2v) is 8.15. The summed E-state index contributed by atoms with van der Waals surface area (Å²) in [5.74, 6) is 0.787. The highest BCUT2D eigenvalue weighted by atomic mass is 16.6. The van der Waals surface area contributed by atoms with E-state index >= 15 is 0 Å². The van der Waals surface area contributed by atoms with Crippen molar-refractivity contribution in [2.75, 3.05) is 6.61 Å². The fourth-order valence-electron chi connectivity index (χ4n) is 4.65. The molecular weight excluding hydrogens is 366 g/mol. The van der Waals surface area contributed by atoms with Gasteiger partial charge in [-0.05, 0) is 42.5 Å². The third kappa shape index (κ3) is 4.25. The van der Waals surface area contributed by atoms with Crippen molar-refractivity contribution in [3.63, 3.8) is 0 Å². The molecule has 4 rings (SSSR count). The van der Waals surface area contributed by atoms with Crippen molar-refractivity contribution in [1.82, 2.24) is 4.90 Å². The Morgan fingerprint density at radius 1 is 1.10 bits per heavy atom. The van der Waals surface area contributed by atoms with E-state index in [4.69, 9.17) is 9.47 Å². The number of amides is 1. The van der Waals surface area contributed by atoms with Crippen molar-refractivity contribution in [2.45, 2.75) is 63.3 Å². The van der Waals surface area contributed by atoms with Crippen molar-refractivity contribution in [3.8, 4) is 5.75 Å². The van der Waals surface area contributed by atoms with Crippen LogP contribution < -0.4 is 4.74 Å². The summed E-state index contributed by atoms with van der Waals surface area (Å²) in [6.45, 7) is 3.01. The molecule has 5 heteroatoms. The molecule has 2 atom stereocenters. The van der Waals surface area contributed by atoms with Gasteiger partial charge in [0, 0.05) is 24.9 Å². The van der Waals surface area contributed by atoms with E-state index in [0.717, 1.165) is 36.1 Å². The van der Waals surface area contributed by atoms with Gasteiger partial charge in [0.05, 0.1) is 12.2 Å². The molecule has 2 aliphatic rings. The Hall–Kier alpha value is -2.53. The fourth-order valence-corrected chi connectivity index (χ4v) is 4.65. The highest BCUT2D eigenvalue weighted by Gasteiger charge is 2.50. The molecule has 154 valence electrons. The SMILES string of the molecule is CCCOc1cccc(C2(O)CC3CCC(C2)N3C(=O)OCc2ccccc2)c1. The molecule has 2 bridgehead atoms. The molecule has 2 saturated heterocycles. The lowest BCUT2D eigenvalue weighted by Gasteiger charge is -2.43. The van der Waals surface area contributed by atoms with Crippen molar-refractivity contribution in [1.29, 1.82) is 0 Å². The molecule has 2 heterocycles. The summed E-state index contributed by atoms with van der Waals surface area (Å²) in [4.78, 5) is 14.6. The van der Waals surface area contributed by atoms with Crippen LogP contribution in [-0.2, 0) is 16.9 Å². The normalized spacial score (nSPS) is 25.7. The van der Waals surface area contributed by atoms with Crippen LogP contribution in [-0.4, -0.2) is 34.8 Å². The molecule has 1 N–H and O–H groups in total. The Kier molecular flexibility index (Phi) is 5.76. The zero-order valence-electron chi connectivity index (χ0n) is 16.9. The molecule has 2 aromatic carbocycles. The Labute approximate surface area is 172 Å². The maximum Gasteiger partial charge on any atom is 0.410 e. The van der Waals surface area contributed by atoms with E-state index in [1.165, 1.54) is 0 Å². The lowest BCUT2D eigenvalue weighted by molar-refractivity contribution is -0.0538. The van der Waals surface area contributed by atoms with Gasteiger partial charge in [-0.15, -0.1) is 0 Å². The van der Waals surface area contributed by atoms with E-state index in [1.807, 2.05) is 59.5 Å². The summed E-state index contributed by atoms with van der Waals surface area (Å²) in [5.41, 5.74) is 0.916. The van der Waals surface area contributed by atoms with Crippen LogP contribution in [0, 0.1) is 0 Å². The number of piperidine rings is 1. The number of carbonyl (C=O) groups excluding carboxylic acids is 1. The van der Waals surface area contributed by atoms with Gasteiger partial charge in [0.25, 0.3) is 0 Å². The van der Waals surface area contributed by atoms with Gasteiger partial charge in [-0.2, -0.15) is 0 Å². The summed E-state index contributed by atoms with van der Waals surface area (Å²) in [5, 5.41) is 11.4. The Morgan fingerprint density at radius 3 is 2.52 bits per heavy atom. The summed E-state index contributed by atoms with van der Waals surface area (Å²) in [7, 11) is 0. The number of aliphatic hydroxyl groups is 1. The third-order valence-corrected chi connectivity index (χ3v) is 6.03. The van der Waals surface area contributed by atoms with Gasteiger partial charge in [-0.1, -0.05) is 49.4 Å². The Balaban J connectivity index is 1.43. The van der Waals surface area contributed by atoms with E-state index in [9.17, 15) is 9.90 Å². The van der Waals surface area contributed by atoms with Crippen LogP contribution >= 0.6 is 0 Å². The lowest BCUT2D eigenvalue weighted by atomic mass is 9.80. The lowest BCUT2D eigenvalue weighted by Crippen LogP contribution is -2.52. The number of nitrogens with zero attached hydrogens (tertiary/aromatic N) is 1. The minimum Gasteiger partial charge on any atom is -0.494 e. The monoisotopic (exact) mass is 395 g/mol. The van der Waals surface area contributed by atoms with Gasteiger partial charge in [-0.25, -0.2) is 4.79 Å². The van der Waals surface area contributed by atoms with E-state index < -0.39 is 5.60 Å². The van der Waals surface area contributed by atoms with Crippen LogP contribution in [0.2, 0.25) is 0 Å². The second kappa shape index (κ2) is 8.46. The minimum absolute atomic E-state index is 0.00207. The molecular formula is C24H29NO4. The van der Waals surface area contributed by atoms with Gasteiger partial charge in [-0.3, -0.25) is 0 Å². The molecule has 2 aliphatic heterocycles. The maximum absolute atomic E-state index is 12.8. The number of carbonyl (C=O) groups is 1. The summed E-state index contributed by atoms with van der Waals surface area (Å²) in [6.07, 6.45) is 3.53. The van der Waals surface area contributed by atoms with Gasteiger partial charge >= 0.3 is 6.09 Å². The average molecular weight is 395 g/mol. The first-order chi connectivity index (χ1) is 14.1. The molecule has 1 amide bonds. The maximum atomic E-state index is 12.8. The number of hydrogen-bond acceptors (Lipinski definition) is 4. The van der Waals surface area contributed by atoms with Crippen molar-refractivity contribution >= 4 is 6.09 Å². The highest BCUT2D eigenvalue weighted by molar-refractivity contribution is 5.69. The van der Waals surface area contributed by atoms with Crippen LogP contribution in [0.5, 0.6) is 5.75 Å². The van der Waals surface area contributed by atoms with Crippen LogP contribution in [0.4, 0.5) is 4.79 Å². The zero-order chi connectivity index (χ0) is 20.3. The summed E-state index contributed by atoms with van der Waals surface area (Å²) >= 11 is 0. The predicted molar refractivity (Wildman–Crippen MR) is 111 cm³/mol. The van der Waals surface area contributed by atoms with Crippen LogP contribution in [0.3, 0.4) is 0 Å². The number of hydrogen-bond donors (Lipinski definition) is 1. The first-order valence-corrected chi connectivity index (χ1v) is 10.5. The van der Waals surface area contributed by atoms with E-state index in [2.05, 4.69) is 6.92 Å².